The van der Waals surface area contributed by atoms with Gasteiger partial charge >= 0.3 is 0 Å². The molecule has 0 fully saturated rings. The molecular weight excluding hydrogens is 316 g/mol. The summed E-state index contributed by atoms with van der Waals surface area (Å²) in [6, 6.07) is 10.4. The first-order valence-corrected chi connectivity index (χ1v) is 7.35. The molecule has 0 atom stereocenters. The minimum atomic E-state index is 0.810. The van der Waals surface area contributed by atoms with Crippen molar-refractivity contribution in [2.75, 3.05) is 11.4 Å². The van der Waals surface area contributed by atoms with Gasteiger partial charge in [-0.1, -0.05) is 30.3 Å². The quantitative estimate of drug-likeness (QED) is 0.733. The van der Waals surface area contributed by atoms with Crippen LogP contribution in [0.15, 0.2) is 53.5 Å². The molecule has 4 nitrogen and oxygen atoms in total. The van der Waals surface area contributed by atoms with Gasteiger partial charge in [0.05, 0.1) is 0 Å². The van der Waals surface area contributed by atoms with E-state index < -0.39 is 0 Å². The first kappa shape index (κ1) is 13.1. The molecule has 0 saturated heterocycles. The molecule has 0 bridgehead atoms. The van der Waals surface area contributed by atoms with Crippen LogP contribution in [-0.2, 0) is 6.54 Å². The maximum atomic E-state index is 4.60. The van der Waals surface area contributed by atoms with Crippen LogP contribution in [0.4, 0.5) is 5.82 Å². The average Bonchev–Trinajstić information content (AvgIpc) is 2.93. The third-order valence-corrected chi connectivity index (χ3v) is 3.61. The molecule has 0 saturated carbocycles. The van der Waals surface area contributed by atoms with E-state index in [0.29, 0.717) is 0 Å². The van der Waals surface area contributed by atoms with E-state index in [-0.39, 0.29) is 0 Å². The maximum absolute atomic E-state index is 4.60. The summed E-state index contributed by atoms with van der Waals surface area (Å²) in [5, 5.41) is 0. The second-order valence-electron chi connectivity index (χ2n) is 4.55. The van der Waals surface area contributed by atoms with Crippen LogP contribution in [0, 0.1) is 0 Å². The lowest BCUT2D eigenvalue weighted by atomic mass is 10.2. The summed E-state index contributed by atoms with van der Waals surface area (Å²) in [7, 11) is 0. The Morgan fingerprint density at radius 3 is 2.80 bits per heavy atom. The van der Waals surface area contributed by atoms with Crippen molar-refractivity contribution in [3.05, 3.63) is 59.1 Å². The van der Waals surface area contributed by atoms with Crippen molar-refractivity contribution >= 4 is 27.4 Å². The molecule has 5 heteroatoms. The minimum absolute atomic E-state index is 0.810. The third kappa shape index (κ3) is 2.54. The number of halogens is 1. The van der Waals surface area contributed by atoms with Crippen LogP contribution in [0.5, 0.6) is 0 Å². The smallest absolute Gasteiger partial charge is 0.180 e. The van der Waals surface area contributed by atoms with E-state index in [9.17, 15) is 0 Å². The van der Waals surface area contributed by atoms with Crippen LogP contribution in [0.2, 0.25) is 0 Å². The highest BCUT2D eigenvalue weighted by Gasteiger charge is 2.13. The summed E-state index contributed by atoms with van der Waals surface area (Å²) in [5.41, 5.74) is 2.15. The van der Waals surface area contributed by atoms with Crippen LogP contribution < -0.4 is 4.90 Å². The maximum Gasteiger partial charge on any atom is 0.180 e. The largest absolute Gasteiger partial charge is 0.349 e. The Kier molecular flexibility index (Phi) is 3.69. The lowest BCUT2D eigenvalue weighted by Gasteiger charge is -2.22. The van der Waals surface area contributed by atoms with E-state index in [1.54, 1.807) is 6.20 Å². The molecule has 0 spiro atoms. The first-order chi connectivity index (χ1) is 9.78. The zero-order valence-corrected chi connectivity index (χ0v) is 12.8. The fourth-order valence-corrected chi connectivity index (χ4v) is 2.63. The van der Waals surface area contributed by atoms with E-state index in [1.165, 1.54) is 5.56 Å². The number of rotatable bonds is 4. The molecular formula is C15H15BrN4. The van der Waals surface area contributed by atoms with Crippen molar-refractivity contribution in [2.24, 2.45) is 0 Å². The predicted octanol–water partition coefficient (Wildman–Crippen LogP) is 3.52. The highest BCUT2D eigenvalue weighted by atomic mass is 79.9. The number of benzene rings is 1. The molecule has 0 N–H and O–H groups in total. The number of aromatic nitrogens is 3. The SMILES string of the molecule is CCN(Cc1ccccc1)c1nc(Br)cn2ccnc12. The van der Waals surface area contributed by atoms with E-state index in [0.717, 1.165) is 29.2 Å². The van der Waals surface area contributed by atoms with Crippen molar-refractivity contribution in [3.8, 4) is 0 Å². The molecule has 3 rings (SSSR count). The number of nitrogens with zero attached hydrogens (tertiary/aromatic N) is 4. The molecule has 102 valence electrons. The second kappa shape index (κ2) is 5.63. The molecule has 0 aliphatic carbocycles. The fourth-order valence-electron chi connectivity index (χ4n) is 2.24. The van der Waals surface area contributed by atoms with E-state index in [1.807, 2.05) is 22.9 Å². The Morgan fingerprint density at radius 1 is 1.25 bits per heavy atom. The monoisotopic (exact) mass is 330 g/mol. The van der Waals surface area contributed by atoms with Gasteiger partial charge in [0.15, 0.2) is 11.5 Å². The normalized spacial score (nSPS) is 10.9. The molecule has 0 radical (unpaired) electrons. The Hall–Kier alpha value is -1.88. The molecule has 20 heavy (non-hydrogen) atoms. The van der Waals surface area contributed by atoms with Gasteiger partial charge in [0.2, 0.25) is 0 Å². The van der Waals surface area contributed by atoms with Crippen LogP contribution in [0.1, 0.15) is 12.5 Å². The topological polar surface area (TPSA) is 33.4 Å². The Bertz CT molecular complexity index is 708. The van der Waals surface area contributed by atoms with E-state index in [2.05, 4.69) is 62.0 Å². The molecule has 0 amide bonds. The summed E-state index contributed by atoms with van der Waals surface area (Å²) in [5.74, 6) is 0.899. The van der Waals surface area contributed by atoms with Gasteiger partial charge in [0.25, 0.3) is 0 Å². The van der Waals surface area contributed by atoms with Gasteiger partial charge in [-0.05, 0) is 28.4 Å². The molecule has 3 aromatic rings. The average molecular weight is 331 g/mol. The summed E-state index contributed by atoms with van der Waals surface area (Å²) < 4.78 is 2.80. The highest BCUT2D eigenvalue weighted by molar-refractivity contribution is 9.10. The molecule has 1 aromatic carbocycles. The number of imidazole rings is 1. The predicted molar refractivity (Wildman–Crippen MR) is 83.9 cm³/mol. The van der Waals surface area contributed by atoms with Crippen LogP contribution >= 0.6 is 15.9 Å². The zero-order chi connectivity index (χ0) is 13.9. The van der Waals surface area contributed by atoms with E-state index in [4.69, 9.17) is 0 Å². The van der Waals surface area contributed by atoms with Crippen LogP contribution in [0.25, 0.3) is 5.65 Å². The Balaban J connectivity index is 2.01. The number of fused-ring (bicyclic) bond motifs is 1. The van der Waals surface area contributed by atoms with Crippen molar-refractivity contribution < 1.29 is 0 Å². The summed E-state index contributed by atoms with van der Waals surface area (Å²) >= 11 is 3.46. The Labute approximate surface area is 126 Å². The van der Waals surface area contributed by atoms with E-state index >= 15 is 0 Å². The summed E-state index contributed by atoms with van der Waals surface area (Å²) in [6.45, 7) is 3.83. The molecule has 0 aliphatic rings. The van der Waals surface area contributed by atoms with Crippen molar-refractivity contribution in [1.29, 1.82) is 0 Å². The summed E-state index contributed by atoms with van der Waals surface area (Å²) in [4.78, 5) is 11.2. The lowest BCUT2D eigenvalue weighted by Crippen LogP contribution is -2.24. The number of anilines is 1. The van der Waals surface area contributed by atoms with Gasteiger partial charge in [0.1, 0.15) is 4.60 Å². The van der Waals surface area contributed by atoms with Gasteiger partial charge in [-0.15, -0.1) is 0 Å². The third-order valence-electron chi connectivity index (χ3n) is 3.22. The van der Waals surface area contributed by atoms with Crippen molar-refractivity contribution in [1.82, 2.24) is 14.4 Å². The van der Waals surface area contributed by atoms with Gasteiger partial charge in [-0.3, -0.25) is 0 Å². The second-order valence-corrected chi connectivity index (χ2v) is 5.36. The molecule has 2 aromatic heterocycles. The number of hydrogen-bond donors (Lipinski definition) is 0. The molecule has 0 aliphatic heterocycles. The zero-order valence-electron chi connectivity index (χ0n) is 11.2. The summed E-state index contributed by atoms with van der Waals surface area (Å²) in [6.07, 6.45) is 5.65. The molecule has 0 unspecified atom stereocenters. The standard InChI is InChI=1S/C15H15BrN4/c1-2-19(10-12-6-4-3-5-7-12)15-14-17-8-9-20(14)11-13(16)18-15/h3-9,11H,2,10H2,1H3. The van der Waals surface area contributed by atoms with Gasteiger partial charge < -0.3 is 9.30 Å². The van der Waals surface area contributed by atoms with Gasteiger partial charge in [-0.2, -0.15) is 0 Å². The fraction of sp³-hybridized carbons (Fsp3) is 0.200. The Morgan fingerprint density at radius 2 is 2.05 bits per heavy atom. The molecule has 2 heterocycles. The number of hydrogen-bond acceptors (Lipinski definition) is 3. The first-order valence-electron chi connectivity index (χ1n) is 6.56. The lowest BCUT2D eigenvalue weighted by molar-refractivity contribution is 0.809. The minimum Gasteiger partial charge on any atom is -0.349 e. The van der Waals surface area contributed by atoms with Gasteiger partial charge in [0, 0.05) is 31.7 Å². The van der Waals surface area contributed by atoms with Gasteiger partial charge in [-0.25, -0.2) is 9.97 Å². The van der Waals surface area contributed by atoms with Crippen molar-refractivity contribution in [2.45, 2.75) is 13.5 Å². The van der Waals surface area contributed by atoms with Crippen LogP contribution in [-0.4, -0.2) is 20.9 Å². The van der Waals surface area contributed by atoms with Crippen LogP contribution in [0.3, 0.4) is 0 Å². The highest BCUT2D eigenvalue weighted by Crippen LogP contribution is 2.22. The van der Waals surface area contributed by atoms with Crippen molar-refractivity contribution in [3.63, 3.8) is 0 Å².